The van der Waals surface area contributed by atoms with Crippen molar-refractivity contribution in [2.45, 2.75) is 65.6 Å². The monoisotopic (exact) mass is 348 g/mol. The number of amides is 1. The van der Waals surface area contributed by atoms with Gasteiger partial charge in [0.2, 0.25) is 5.91 Å². The summed E-state index contributed by atoms with van der Waals surface area (Å²) in [4.78, 5) is 17.8. The Morgan fingerprint density at radius 2 is 2.04 bits per heavy atom. The Kier molecular flexibility index (Phi) is 4.96. The van der Waals surface area contributed by atoms with Crippen molar-refractivity contribution in [1.82, 2.24) is 25.1 Å². The van der Waals surface area contributed by atoms with Gasteiger partial charge in [-0.3, -0.25) is 10.1 Å². The SMILES string of the molecule is Cc1nc(NC(=O)[C@H](C)N[C@H](C)c2nnc3n2CCCC3)sc1C. The second-order valence-corrected chi connectivity index (χ2v) is 7.55. The molecule has 0 aliphatic carbocycles. The van der Waals surface area contributed by atoms with Crippen LogP contribution < -0.4 is 10.6 Å². The summed E-state index contributed by atoms with van der Waals surface area (Å²) in [6.45, 7) is 8.78. The Morgan fingerprint density at radius 3 is 2.75 bits per heavy atom. The van der Waals surface area contributed by atoms with Crippen molar-refractivity contribution >= 4 is 22.4 Å². The Hall–Kier alpha value is -1.80. The molecule has 8 heteroatoms. The molecule has 1 aliphatic heterocycles. The number of hydrogen-bond acceptors (Lipinski definition) is 6. The van der Waals surface area contributed by atoms with Crippen LogP contribution in [-0.2, 0) is 17.8 Å². The van der Waals surface area contributed by atoms with Gasteiger partial charge < -0.3 is 9.88 Å². The summed E-state index contributed by atoms with van der Waals surface area (Å²) >= 11 is 1.50. The highest BCUT2D eigenvalue weighted by atomic mass is 32.1. The standard InChI is InChI=1S/C16H24N6OS/c1-9-12(4)24-16(18-9)19-15(23)11(3)17-10(2)14-21-20-13-7-5-6-8-22(13)14/h10-11,17H,5-8H2,1-4H3,(H,18,19,23)/t10-,11+/m1/s1. The molecule has 0 radical (unpaired) electrons. The number of nitrogens with zero attached hydrogens (tertiary/aromatic N) is 4. The summed E-state index contributed by atoms with van der Waals surface area (Å²) < 4.78 is 2.18. The molecule has 1 amide bonds. The van der Waals surface area contributed by atoms with Gasteiger partial charge in [-0.25, -0.2) is 4.98 Å². The fourth-order valence-corrected chi connectivity index (χ4v) is 3.73. The first-order valence-electron chi connectivity index (χ1n) is 8.38. The van der Waals surface area contributed by atoms with Gasteiger partial charge in [-0.1, -0.05) is 0 Å². The van der Waals surface area contributed by atoms with Crippen LogP contribution in [0.5, 0.6) is 0 Å². The van der Waals surface area contributed by atoms with E-state index in [0.29, 0.717) is 5.13 Å². The lowest BCUT2D eigenvalue weighted by molar-refractivity contribution is -0.118. The van der Waals surface area contributed by atoms with E-state index in [0.717, 1.165) is 41.6 Å². The molecule has 0 unspecified atom stereocenters. The second-order valence-electron chi connectivity index (χ2n) is 6.34. The molecule has 130 valence electrons. The van der Waals surface area contributed by atoms with E-state index in [9.17, 15) is 4.79 Å². The lowest BCUT2D eigenvalue weighted by Crippen LogP contribution is -2.40. The van der Waals surface area contributed by atoms with Crippen LogP contribution in [0, 0.1) is 13.8 Å². The number of hydrogen-bond donors (Lipinski definition) is 2. The number of nitrogens with one attached hydrogen (secondary N) is 2. The smallest absolute Gasteiger partial charge is 0.243 e. The van der Waals surface area contributed by atoms with E-state index in [2.05, 4.69) is 30.4 Å². The third-order valence-electron chi connectivity index (χ3n) is 4.43. The zero-order chi connectivity index (χ0) is 17.3. The number of carbonyl (C=O) groups excluding carboxylic acids is 1. The van der Waals surface area contributed by atoms with Gasteiger partial charge in [-0.15, -0.1) is 21.5 Å². The molecule has 0 spiro atoms. The lowest BCUT2D eigenvalue weighted by atomic mass is 10.1. The van der Waals surface area contributed by atoms with Crippen LogP contribution in [0.2, 0.25) is 0 Å². The normalized spacial score (nSPS) is 16.5. The molecule has 2 atom stereocenters. The molecule has 1 aliphatic rings. The van der Waals surface area contributed by atoms with E-state index in [1.807, 2.05) is 27.7 Å². The number of anilines is 1. The molecule has 0 saturated heterocycles. The second kappa shape index (κ2) is 6.98. The third-order valence-corrected chi connectivity index (χ3v) is 5.42. The van der Waals surface area contributed by atoms with E-state index in [1.54, 1.807) is 0 Å². The number of rotatable bonds is 5. The summed E-state index contributed by atoms with van der Waals surface area (Å²) in [5, 5.41) is 15.4. The average Bonchev–Trinajstić information content (AvgIpc) is 3.11. The summed E-state index contributed by atoms with van der Waals surface area (Å²) in [5.41, 5.74) is 0.958. The number of aryl methyl sites for hydroxylation is 3. The Bertz CT molecular complexity index is 718. The highest BCUT2D eigenvalue weighted by Crippen LogP contribution is 2.22. The summed E-state index contributed by atoms with van der Waals surface area (Å²) in [6.07, 6.45) is 3.31. The van der Waals surface area contributed by atoms with Crippen molar-refractivity contribution in [2.75, 3.05) is 5.32 Å². The lowest BCUT2D eigenvalue weighted by Gasteiger charge is -2.21. The van der Waals surface area contributed by atoms with Gasteiger partial charge in [0.1, 0.15) is 11.6 Å². The largest absolute Gasteiger partial charge is 0.314 e. The molecule has 0 aromatic carbocycles. The van der Waals surface area contributed by atoms with E-state index in [4.69, 9.17) is 0 Å². The fourth-order valence-electron chi connectivity index (χ4n) is 2.92. The van der Waals surface area contributed by atoms with Crippen molar-refractivity contribution in [1.29, 1.82) is 0 Å². The molecular weight excluding hydrogens is 324 g/mol. The van der Waals surface area contributed by atoms with E-state index in [1.165, 1.54) is 17.8 Å². The zero-order valence-electron chi connectivity index (χ0n) is 14.6. The van der Waals surface area contributed by atoms with Crippen LogP contribution in [-0.4, -0.2) is 31.7 Å². The fraction of sp³-hybridized carbons (Fsp3) is 0.625. The maximum atomic E-state index is 12.4. The third kappa shape index (κ3) is 3.49. The maximum absolute atomic E-state index is 12.4. The predicted octanol–water partition coefficient (Wildman–Crippen LogP) is 2.37. The first kappa shape index (κ1) is 17.0. The molecule has 2 aromatic heterocycles. The van der Waals surface area contributed by atoms with E-state index >= 15 is 0 Å². The molecule has 0 fully saturated rings. The van der Waals surface area contributed by atoms with E-state index in [-0.39, 0.29) is 18.0 Å². The van der Waals surface area contributed by atoms with Crippen LogP contribution in [0.4, 0.5) is 5.13 Å². The van der Waals surface area contributed by atoms with Crippen molar-refractivity contribution in [3.05, 3.63) is 22.2 Å². The minimum Gasteiger partial charge on any atom is -0.314 e. The molecule has 7 nitrogen and oxygen atoms in total. The molecule has 3 heterocycles. The van der Waals surface area contributed by atoms with Crippen LogP contribution in [0.3, 0.4) is 0 Å². The quantitative estimate of drug-likeness (QED) is 0.866. The highest BCUT2D eigenvalue weighted by molar-refractivity contribution is 7.15. The first-order chi connectivity index (χ1) is 11.5. The molecule has 3 rings (SSSR count). The van der Waals surface area contributed by atoms with Gasteiger partial charge in [0.25, 0.3) is 0 Å². The average molecular weight is 348 g/mol. The van der Waals surface area contributed by atoms with E-state index < -0.39 is 0 Å². The summed E-state index contributed by atoms with van der Waals surface area (Å²) in [5.74, 6) is 1.87. The summed E-state index contributed by atoms with van der Waals surface area (Å²) in [7, 11) is 0. The summed E-state index contributed by atoms with van der Waals surface area (Å²) in [6, 6.07) is -0.383. The van der Waals surface area contributed by atoms with Gasteiger partial charge in [0.15, 0.2) is 5.13 Å². The number of fused-ring (bicyclic) bond motifs is 1. The first-order valence-corrected chi connectivity index (χ1v) is 9.20. The molecule has 24 heavy (non-hydrogen) atoms. The zero-order valence-corrected chi connectivity index (χ0v) is 15.4. The van der Waals surface area contributed by atoms with Crippen LogP contribution in [0.25, 0.3) is 0 Å². The predicted molar refractivity (Wildman–Crippen MR) is 94.2 cm³/mol. The molecule has 0 saturated carbocycles. The highest BCUT2D eigenvalue weighted by Gasteiger charge is 2.23. The van der Waals surface area contributed by atoms with Gasteiger partial charge in [0.05, 0.1) is 17.8 Å². The van der Waals surface area contributed by atoms with Crippen LogP contribution in [0.15, 0.2) is 0 Å². The van der Waals surface area contributed by atoms with Crippen LogP contribution in [0.1, 0.15) is 55.0 Å². The minimum atomic E-state index is -0.346. The van der Waals surface area contributed by atoms with Crippen LogP contribution >= 0.6 is 11.3 Å². The Labute approximate surface area is 145 Å². The minimum absolute atomic E-state index is 0.0372. The Morgan fingerprint density at radius 1 is 1.25 bits per heavy atom. The Balaban J connectivity index is 1.62. The molecular formula is C16H24N6OS. The topological polar surface area (TPSA) is 84.7 Å². The van der Waals surface area contributed by atoms with Gasteiger partial charge >= 0.3 is 0 Å². The van der Waals surface area contributed by atoms with Crippen molar-refractivity contribution < 1.29 is 4.79 Å². The molecule has 2 N–H and O–H groups in total. The van der Waals surface area contributed by atoms with Crippen molar-refractivity contribution in [2.24, 2.45) is 0 Å². The maximum Gasteiger partial charge on any atom is 0.243 e. The number of thiazole rings is 1. The van der Waals surface area contributed by atoms with Crippen molar-refractivity contribution in [3.63, 3.8) is 0 Å². The van der Waals surface area contributed by atoms with Gasteiger partial charge in [-0.2, -0.15) is 0 Å². The number of aromatic nitrogens is 4. The molecule has 2 aromatic rings. The van der Waals surface area contributed by atoms with Gasteiger partial charge in [0, 0.05) is 17.8 Å². The van der Waals surface area contributed by atoms with Crippen molar-refractivity contribution in [3.8, 4) is 0 Å². The molecule has 0 bridgehead atoms. The number of carbonyl (C=O) groups is 1. The van der Waals surface area contributed by atoms with Gasteiger partial charge in [-0.05, 0) is 40.5 Å².